The summed E-state index contributed by atoms with van der Waals surface area (Å²) in [7, 11) is -31.1. The Morgan fingerprint density at radius 2 is 0.405 bits per heavy atom. The molecule has 0 fully saturated rings. The molecule has 452 valence electrons. The Morgan fingerprint density at radius 3 is 0.557 bits per heavy atom. The fraction of sp³-hybridized carbons (Fsp3) is 0.571. The number of aliphatic hydroxyl groups is 12. The third-order valence-corrected chi connectivity index (χ3v) is 35.0. The molecule has 0 spiro atoms. The van der Waals surface area contributed by atoms with Crippen LogP contribution >= 0.6 is 0 Å². The molecule has 12 N–H and O–H groups in total. The van der Waals surface area contributed by atoms with Crippen LogP contribution in [0.15, 0.2) is 84.0 Å². The summed E-state index contributed by atoms with van der Waals surface area (Å²) in [6.45, 7) is -19.5. The van der Waals surface area contributed by atoms with Crippen LogP contribution in [0, 0.1) is 0 Å². The SMILES string of the molecule is O=S(=O)(c1cc[c]([Bi]([c]2ccc(S(=O)(=O)N(CCO)CCO)cc2S(=O)(=O)N(CCO)CCO)[c]2ccc(S(=O)(=O)N(CCO)CCO)cc2S(=O)(=O)N(CCO)CCO)c(S(=O)(=O)N(CCO)CCO)c1)N(CCO)CCO. The van der Waals surface area contributed by atoms with E-state index in [9.17, 15) is 86.5 Å². The van der Waals surface area contributed by atoms with Gasteiger partial charge in [0.15, 0.2) is 0 Å². The second-order valence-corrected chi connectivity index (χ2v) is 36.1. The maximum atomic E-state index is 15.3. The molecule has 0 saturated heterocycles. The van der Waals surface area contributed by atoms with Gasteiger partial charge in [0.2, 0.25) is 0 Å². The first-order valence-electron chi connectivity index (χ1n) is 23.8. The van der Waals surface area contributed by atoms with E-state index < -0.39 is 279 Å². The molecule has 0 aliphatic rings. The van der Waals surface area contributed by atoms with Gasteiger partial charge in [0, 0.05) is 0 Å². The van der Waals surface area contributed by atoms with Crippen molar-refractivity contribution in [3.8, 4) is 0 Å². The first kappa shape index (κ1) is 70.8. The predicted octanol–water partition coefficient (Wildman–Crippen LogP) is -9.95. The van der Waals surface area contributed by atoms with Gasteiger partial charge in [-0.25, -0.2) is 0 Å². The van der Waals surface area contributed by atoms with Crippen molar-refractivity contribution in [1.82, 2.24) is 25.8 Å². The van der Waals surface area contributed by atoms with E-state index in [0.29, 0.717) is 44.0 Å². The third-order valence-electron chi connectivity index (χ3n) is 11.5. The van der Waals surface area contributed by atoms with E-state index in [1.807, 2.05) is 0 Å². The van der Waals surface area contributed by atoms with Gasteiger partial charge in [0.1, 0.15) is 0 Å². The van der Waals surface area contributed by atoms with Crippen LogP contribution < -0.4 is 9.81 Å². The molecule has 0 aliphatic heterocycles. The summed E-state index contributed by atoms with van der Waals surface area (Å²) in [6, 6.07) is 6.61. The fourth-order valence-electron chi connectivity index (χ4n) is 7.84. The Balaban J connectivity index is 3.07. The van der Waals surface area contributed by atoms with Gasteiger partial charge < -0.3 is 0 Å². The minimum atomic E-state index is -5.93. The van der Waals surface area contributed by atoms with Crippen LogP contribution in [0.2, 0.25) is 0 Å². The van der Waals surface area contributed by atoms with Crippen molar-refractivity contribution in [1.29, 1.82) is 0 Å². The molecule has 0 bridgehead atoms. The quantitative estimate of drug-likeness (QED) is 0.0236. The van der Waals surface area contributed by atoms with Gasteiger partial charge in [-0.05, 0) is 0 Å². The molecule has 3 aromatic carbocycles. The summed E-state index contributed by atoms with van der Waals surface area (Å²) in [5.41, 5.74) is 0. The van der Waals surface area contributed by atoms with E-state index in [2.05, 4.69) is 0 Å². The van der Waals surface area contributed by atoms with E-state index >= 15 is 25.3 Å². The minimum absolute atomic E-state index is 0.478. The number of sulfonamides is 6. The topological polar surface area (TPSA) is 467 Å². The molecule has 0 saturated carbocycles. The van der Waals surface area contributed by atoms with Gasteiger partial charge in [-0.1, -0.05) is 0 Å². The Hall–Kier alpha value is -2.48. The third kappa shape index (κ3) is 16.7. The molecule has 0 unspecified atom stereocenters. The van der Waals surface area contributed by atoms with Crippen LogP contribution in [-0.2, 0) is 60.1 Å². The molecule has 37 heteroatoms. The van der Waals surface area contributed by atoms with Crippen molar-refractivity contribution < 1.29 is 112 Å². The van der Waals surface area contributed by atoms with E-state index in [-0.39, 0.29) is 0 Å². The number of benzene rings is 3. The van der Waals surface area contributed by atoms with Gasteiger partial charge >= 0.3 is 471 Å². The van der Waals surface area contributed by atoms with Crippen LogP contribution in [0.4, 0.5) is 0 Å². The van der Waals surface area contributed by atoms with E-state index in [1.165, 1.54) is 0 Å². The monoisotopic (exact) mass is 1440 g/mol. The first-order valence-corrected chi connectivity index (χ1v) is 37.7. The van der Waals surface area contributed by atoms with Gasteiger partial charge in [0.05, 0.1) is 0 Å². The normalized spacial score (nSPS) is 13.4. The fourth-order valence-corrected chi connectivity index (χ4v) is 32.4. The number of nitrogens with zero attached hydrogens (tertiary/aromatic N) is 6. The predicted molar refractivity (Wildman–Crippen MR) is 282 cm³/mol. The molecule has 30 nitrogen and oxygen atoms in total. The molecule has 0 aromatic heterocycles. The number of hydrogen-bond acceptors (Lipinski definition) is 24. The number of hydrogen-bond donors (Lipinski definition) is 12. The maximum absolute atomic E-state index is 15.3. The van der Waals surface area contributed by atoms with Gasteiger partial charge in [-0.15, -0.1) is 0 Å². The van der Waals surface area contributed by atoms with Gasteiger partial charge in [0.25, 0.3) is 0 Å². The molecule has 0 atom stereocenters. The summed E-state index contributed by atoms with van der Waals surface area (Å²) in [4.78, 5) is -5.90. The Bertz CT molecular complexity index is 2780. The van der Waals surface area contributed by atoms with Crippen molar-refractivity contribution >= 4 is 91.7 Å². The molecular weight excluding hydrogens is 1370 g/mol. The molecule has 79 heavy (non-hydrogen) atoms. The molecular formula is C42H69BiN6O24S6. The summed E-state index contributed by atoms with van der Waals surface area (Å²) in [5, 5.41) is 119. The van der Waals surface area contributed by atoms with Crippen LogP contribution in [-0.4, -0.2) is 317 Å². The second kappa shape index (κ2) is 32.0. The van der Waals surface area contributed by atoms with Crippen LogP contribution in [0.5, 0.6) is 0 Å². The summed E-state index contributed by atoms with van der Waals surface area (Å²) < 4.78 is 179. The molecule has 3 rings (SSSR count). The Morgan fingerprint density at radius 1 is 0.253 bits per heavy atom. The Labute approximate surface area is 467 Å². The summed E-state index contributed by atoms with van der Waals surface area (Å²) in [6.07, 6.45) is 0. The standard InChI is InChI=1S/3C14H23N2O8S2.Bi/c3*17-8-4-15(5-9-18)25(21,22)13-2-1-3-14(12-13)26(23,24)16(6-10-19)7-11-20;/h3*1-2,12,17-20H,4-11H2;. The first-order chi connectivity index (χ1) is 37.2. The van der Waals surface area contributed by atoms with Crippen molar-refractivity contribution in [3.05, 3.63) is 54.6 Å². The molecule has 3 aromatic rings. The van der Waals surface area contributed by atoms with E-state index in [4.69, 9.17) is 0 Å². The Kier molecular flexibility index (Phi) is 28.7. The van der Waals surface area contributed by atoms with Crippen molar-refractivity contribution in [2.45, 2.75) is 29.4 Å². The van der Waals surface area contributed by atoms with E-state index in [0.717, 1.165) is 36.4 Å². The van der Waals surface area contributed by atoms with Crippen LogP contribution in [0.25, 0.3) is 0 Å². The van der Waals surface area contributed by atoms with Crippen molar-refractivity contribution in [2.75, 3.05) is 158 Å². The number of aliphatic hydroxyl groups excluding tert-OH is 12. The zero-order chi connectivity index (χ0) is 59.6. The van der Waals surface area contributed by atoms with E-state index in [1.54, 1.807) is 0 Å². The van der Waals surface area contributed by atoms with Crippen LogP contribution in [0.3, 0.4) is 0 Å². The molecule has 0 amide bonds. The van der Waals surface area contributed by atoms with Gasteiger partial charge in [-0.2, -0.15) is 0 Å². The average molecular weight is 1440 g/mol. The summed E-state index contributed by atoms with van der Waals surface area (Å²) >= 11 is -5.93. The zero-order valence-corrected chi connectivity index (χ0v) is 50.9. The van der Waals surface area contributed by atoms with Crippen LogP contribution in [0.1, 0.15) is 0 Å². The summed E-state index contributed by atoms with van der Waals surface area (Å²) in [5.74, 6) is 0. The average Bonchev–Trinajstić information content (AvgIpc) is 3.40. The second-order valence-electron chi connectivity index (χ2n) is 16.3. The van der Waals surface area contributed by atoms with Gasteiger partial charge in [-0.3, -0.25) is 0 Å². The molecule has 0 aliphatic carbocycles. The molecule has 0 radical (unpaired) electrons. The number of rotatable bonds is 39. The van der Waals surface area contributed by atoms with Crippen molar-refractivity contribution in [2.24, 2.45) is 0 Å². The van der Waals surface area contributed by atoms with Crippen molar-refractivity contribution in [3.63, 3.8) is 0 Å². The molecule has 0 heterocycles. The zero-order valence-electron chi connectivity index (χ0n) is 42.5.